The number of rotatable bonds is 6. The molecule has 0 spiro atoms. The van der Waals surface area contributed by atoms with Gasteiger partial charge in [0.1, 0.15) is 11.5 Å². The van der Waals surface area contributed by atoms with Crippen molar-refractivity contribution in [2.45, 2.75) is 53.1 Å². The first kappa shape index (κ1) is 30.1. The molecule has 1 aliphatic rings. The second kappa shape index (κ2) is 13.7. The van der Waals surface area contributed by atoms with Gasteiger partial charge in [-0.1, -0.05) is 42.5 Å². The normalized spacial score (nSPS) is 14.8. The maximum absolute atomic E-state index is 14.1. The molecule has 0 aliphatic carbocycles. The predicted octanol–water partition coefficient (Wildman–Crippen LogP) is 5.65. The van der Waals surface area contributed by atoms with E-state index in [0.29, 0.717) is 37.0 Å². The number of aryl methyl sites for hydroxylation is 2. The third-order valence-electron chi connectivity index (χ3n) is 7.92. The van der Waals surface area contributed by atoms with E-state index < -0.39 is 0 Å². The van der Waals surface area contributed by atoms with Crippen LogP contribution in [0.15, 0.2) is 60.7 Å². The number of para-hydroxylation sites is 2. The lowest BCUT2D eigenvalue weighted by atomic mass is 10.0. The summed E-state index contributed by atoms with van der Waals surface area (Å²) >= 11 is 0. The van der Waals surface area contributed by atoms with Gasteiger partial charge in [0.05, 0.1) is 31.9 Å². The summed E-state index contributed by atoms with van der Waals surface area (Å²) in [5.74, 6) is 1.34. The van der Waals surface area contributed by atoms with E-state index in [1.165, 1.54) is 0 Å². The highest BCUT2D eigenvalue weighted by Gasteiger charge is 2.27. The lowest BCUT2D eigenvalue weighted by Gasteiger charge is -2.30. The third-order valence-corrected chi connectivity index (χ3v) is 7.92. The van der Waals surface area contributed by atoms with Gasteiger partial charge in [0, 0.05) is 38.8 Å². The fourth-order valence-electron chi connectivity index (χ4n) is 5.64. The van der Waals surface area contributed by atoms with Gasteiger partial charge in [0.15, 0.2) is 0 Å². The molecule has 0 radical (unpaired) electrons. The second-order valence-corrected chi connectivity index (χ2v) is 11.0. The summed E-state index contributed by atoms with van der Waals surface area (Å²) in [5.41, 5.74) is 5.30. The van der Waals surface area contributed by atoms with Gasteiger partial charge in [-0.15, -0.1) is 0 Å². The number of methoxy groups -OCH3 is 2. The lowest BCUT2D eigenvalue weighted by Crippen LogP contribution is -2.41. The van der Waals surface area contributed by atoms with Crippen molar-refractivity contribution in [2.75, 3.05) is 45.3 Å². The van der Waals surface area contributed by atoms with Crippen molar-refractivity contribution in [3.05, 3.63) is 88.5 Å². The van der Waals surface area contributed by atoms with Crippen LogP contribution in [0.5, 0.6) is 11.5 Å². The number of amides is 2. The molecule has 0 aromatic heterocycles. The molecular formula is C34H43N3O4. The van der Waals surface area contributed by atoms with Crippen molar-refractivity contribution in [3.8, 4) is 11.5 Å². The molecule has 41 heavy (non-hydrogen) atoms. The number of anilines is 1. The largest absolute Gasteiger partial charge is 0.497 e. The topological polar surface area (TPSA) is 62.3 Å². The summed E-state index contributed by atoms with van der Waals surface area (Å²) in [5, 5.41) is 0. The van der Waals surface area contributed by atoms with Crippen molar-refractivity contribution in [3.63, 3.8) is 0 Å². The average Bonchev–Trinajstić information content (AvgIpc) is 3.00. The van der Waals surface area contributed by atoms with E-state index >= 15 is 0 Å². The van der Waals surface area contributed by atoms with Crippen molar-refractivity contribution in [1.29, 1.82) is 0 Å². The molecule has 7 nitrogen and oxygen atoms in total. The average molecular weight is 558 g/mol. The zero-order valence-corrected chi connectivity index (χ0v) is 25.3. The number of hydrogen-bond donors (Lipinski definition) is 0. The number of ether oxygens (including phenoxy) is 2. The molecule has 0 fully saturated rings. The lowest BCUT2D eigenvalue weighted by molar-refractivity contribution is -0.118. The fourth-order valence-corrected chi connectivity index (χ4v) is 5.64. The summed E-state index contributed by atoms with van der Waals surface area (Å²) < 4.78 is 10.9. The number of hydrogen-bond acceptors (Lipinski definition) is 5. The Kier molecular flexibility index (Phi) is 10.1. The summed E-state index contributed by atoms with van der Waals surface area (Å²) in [7, 11) is 3.25. The monoisotopic (exact) mass is 557 g/mol. The molecule has 0 N–H and O–H groups in total. The van der Waals surface area contributed by atoms with Crippen LogP contribution in [0, 0.1) is 13.8 Å². The van der Waals surface area contributed by atoms with Crippen molar-refractivity contribution in [1.82, 2.24) is 9.80 Å². The van der Waals surface area contributed by atoms with Crippen LogP contribution in [0.3, 0.4) is 0 Å². The first-order chi connectivity index (χ1) is 19.7. The van der Waals surface area contributed by atoms with E-state index in [1.807, 2.05) is 84.3 Å². The summed E-state index contributed by atoms with van der Waals surface area (Å²) in [6, 6.07) is 19.8. The van der Waals surface area contributed by atoms with Crippen LogP contribution < -0.4 is 14.4 Å². The number of benzene rings is 3. The van der Waals surface area contributed by atoms with Gasteiger partial charge < -0.3 is 19.3 Å². The molecule has 3 aromatic carbocycles. The smallest absolute Gasteiger partial charge is 0.257 e. The first-order valence-corrected chi connectivity index (χ1v) is 14.4. The van der Waals surface area contributed by atoms with Crippen LogP contribution in [0.1, 0.15) is 52.9 Å². The molecule has 0 unspecified atom stereocenters. The zero-order valence-electron chi connectivity index (χ0n) is 25.3. The van der Waals surface area contributed by atoms with E-state index in [1.54, 1.807) is 14.2 Å². The summed E-state index contributed by atoms with van der Waals surface area (Å²) in [6.45, 7) is 11.5. The maximum Gasteiger partial charge on any atom is 0.257 e. The predicted molar refractivity (Wildman–Crippen MR) is 164 cm³/mol. The molecule has 0 bridgehead atoms. The molecule has 3 aromatic rings. The highest BCUT2D eigenvalue weighted by atomic mass is 16.5. The van der Waals surface area contributed by atoms with Gasteiger partial charge in [0.25, 0.3) is 5.91 Å². The van der Waals surface area contributed by atoms with Crippen LogP contribution in [-0.4, -0.2) is 68.1 Å². The summed E-state index contributed by atoms with van der Waals surface area (Å²) in [4.78, 5) is 34.3. The van der Waals surface area contributed by atoms with Gasteiger partial charge >= 0.3 is 0 Å². The Labute approximate surface area is 244 Å². The van der Waals surface area contributed by atoms with Crippen LogP contribution in [-0.2, 0) is 17.8 Å². The molecule has 7 heteroatoms. The van der Waals surface area contributed by atoms with Gasteiger partial charge in [-0.3, -0.25) is 14.5 Å². The molecular weight excluding hydrogens is 514 g/mol. The Hall–Kier alpha value is -3.84. The van der Waals surface area contributed by atoms with Crippen LogP contribution in [0.25, 0.3) is 0 Å². The SMILES string of the molecule is COc1ccc(CC(=O)N2CCCN(C(C)C)CCN(C(=O)c3cccc(C)c3OC)Cc3cccc(C)c32)cc1. The number of carbonyl (C=O) groups is 2. The second-order valence-electron chi connectivity index (χ2n) is 11.0. The minimum atomic E-state index is -0.0722. The molecule has 4 rings (SSSR count). The van der Waals surface area contributed by atoms with Crippen LogP contribution in [0.4, 0.5) is 5.69 Å². The van der Waals surface area contributed by atoms with E-state index in [0.717, 1.165) is 53.2 Å². The first-order valence-electron chi connectivity index (χ1n) is 14.4. The number of nitrogens with zero attached hydrogens (tertiary/aromatic N) is 3. The Morgan fingerprint density at radius 3 is 2.22 bits per heavy atom. The van der Waals surface area contributed by atoms with Gasteiger partial charge in [-0.05, 0) is 74.6 Å². The molecule has 0 saturated carbocycles. The van der Waals surface area contributed by atoms with Gasteiger partial charge in [-0.2, -0.15) is 0 Å². The Balaban J connectivity index is 1.74. The highest BCUT2D eigenvalue weighted by Crippen LogP contribution is 2.30. The molecule has 1 aliphatic heterocycles. The number of fused-ring (bicyclic) bond motifs is 1. The van der Waals surface area contributed by atoms with Crippen molar-refractivity contribution < 1.29 is 19.1 Å². The van der Waals surface area contributed by atoms with Crippen LogP contribution >= 0.6 is 0 Å². The minimum absolute atomic E-state index is 0.0410. The Morgan fingerprint density at radius 1 is 0.829 bits per heavy atom. The molecule has 0 atom stereocenters. The minimum Gasteiger partial charge on any atom is -0.497 e. The van der Waals surface area contributed by atoms with Crippen LogP contribution in [0.2, 0.25) is 0 Å². The molecule has 0 saturated heterocycles. The Bertz CT molecular complexity index is 1350. The zero-order chi connectivity index (χ0) is 29.5. The highest BCUT2D eigenvalue weighted by molar-refractivity contribution is 5.98. The Morgan fingerprint density at radius 2 is 1.54 bits per heavy atom. The number of carbonyl (C=O) groups excluding carboxylic acids is 2. The van der Waals surface area contributed by atoms with Crippen molar-refractivity contribution in [2.24, 2.45) is 0 Å². The van der Waals surface area contributed by atoms with E-state index in [9.17, 15) is 9.59 Å². The standard InChI is InChI=1S/C34H43N3O4/c1-24(2)35-18-9-19-37(31(38)22-27-14-16-29(40-5)17-15-27)32-25(3)10-7-12-28(32)23-36(21-20-35)34(39)30-13-8-11-26(4)33(30)41-6/h7-8,10-17,24H,9,18-23H2,1-6H3. The van der Waals surface area contributed by atoms with E-state index in [4.69, 9.17) is 9.47 Å². The van der Waals surface area contributed by atoms with Crippen molar-refractivity contribution >= 4 is 17.5 Å². The van der Waals surface area contributed by atoms with E-state index in [-0.39, 0.29) is 18.2 Å². The summed E-state index contributed by atoms with van der Waals surface area (Å²) in [6.07, 6.45) is 1.12. The third kappa shape index (κ3) is 7.09. The van der Waals surface area contributed by atoms with Gasteiger partial charge in [0.2, 0.25) is 5.91 Å². The molecule has 2 amide bonds. The van der Waals surface area contributed by atoms with E-state index in [2.05, 4.69) is 18.7 Å². The quantitative estimate of drug-likeness (QED) is 0.392. The van der Waals surface area contributed by atoms with Gasteiger partial charge in [-0.25, -0.2) is 0 Å². The molecule has 218 valence electrons. The maximum atomic E-state index is 14.1. The molecule has 1 heterocycles. The fraction of sp³-hybridized carbons (Fsp3) is 0.412.